The summed E-state index contributed by atoms with van der Waals surface area (Å²) < 4.78 is 0. The van der Waals surface area contributed by atoms with Crippen molar-refractivity contribution in [3.63, 3.8) is 0 Å². The largest absolute Gasteiger partial charge is 0.366 e. The zero-order valence-electron chi connectivity index (χ0n) is 14.8. The average molecular weight is 338 g/mol. The van der Waals surface area contributed by atoms with Crippen LogP contribution < -0.4 is 10.2 Å². The molecule has 0 radical (unpaired) electrons. The molecule has 1 amide bonds. The molecular weight excluding hydrogens is 312 g/mol. The zero-order chi connectivity index (χ0) is 17.5. The van der Waals surface area contributed by atoms with Gasteiger partial charge in [0.1, 0.15) is 11.5 Å². The third-order valence-corrected chi connectivity index (χ3v) is 4.71. The van der Waals surface area contributed by atoms with E-state index < -0.39 is 0 Å². The Morgan fingerprint density at radius 2 is 1.80 bits per heavy atom. The summed E-state index contributed by atoms with van der Waals surface area (Å²) in [7, 11) is 0. The normalized spacial score (nSPS) is 15.4. The fourth-order valence-corrected chi connectivity index (χ4v) is 3.34. The number of hydrogen-bond donors (Lipinski definition) is 1. The molecule has 1 heterocycles. The number of aromatic nitrogens is 2. The van der Waals surface area contributed by atoms with Gasteiger partial charge in [0.25, 0.3) is 5.91 Å². The summed E-state index contributed by atoms with van der Waals surface area (Å²) in [4.78, 5) is 23.2. The van der Waals surface area contributed by atoms with Crippen LogP contribution in [0.5, 0.6) is 0 Å². The Balaban J connectivity index is 1.67. The first-order chi connectivity index (χ1) is 12.3. The minimum Gasteiger partial charge on any atom is -0.366 e. The van der Waals surface area contributed by atoms with Crippen LogP contribution in [0.4, 0.5) is 11.5 Å². The summed E-state index contributed by atoms with van der Waals surface area (Å²) in [6, 6.07) is 10.1. The van der Waals surface area contributed by atoms with Gasteiger partial charge in [0.2, 0.25) is 0 Å². The highest BCUT2D eigenvalue weighted by Crippen LogP contribution is 2.20. The quantitative estimate of drug-likeness (QED) is 0.827. The van der Waals surface area contributed by atoms with Crippen LogP contribution in [0.25, 0.3) is 0 Å². The third kappa shape index (κ3) is 4.56. The molecule has 1 N–H and O–H groups in total. The molecular formula is C20H26N4O. The maximum atomic E-state index is 12.7. The van der Waals surface area contributed by atoms with E-state index in [-0.39, 0.29) is 5.91 Å². The summed E-state index contributed by atoms with van der Waals surface area (Å²) in [5.41, 5.74) is 1.24. The van der Waals surface area contributed by atoms with Gasteiger partial charge in [-0.2, -0.15) is 0 Å². The average Bonchev–Trinajstić information content (AvgIpc) is 2.92. The van der Waals surface area contributed by atoms with Crippen molar-refractivity contribution in [3.05, 3.63) is 48.4 Å². The second-order valence-electron chi connectivity index (χ2n) is 6.50. The fraction of sp³-hybridized carbons (Fsp3) is 0.450. The van der Waals surface area contributed by atoms with Gasteiger partial charge in [0, 0.05) is 18.3 Å². The predicted molar refractivity (Wildman–Crippen MR) is 101 cm³/mol. The summed E-state index contributed by atoms with van der Waals surface area (Å²) in [5, 5.41) is 3.46. The van der Waals surface area contributed by atoms with Gasteiger partial charge in [-0.05, 0) is 31.9 Å². The highest BCUT2D eigenvalue weighted by atomic mass is 16.2. The first-order valence-electron chi connectivity index (χ1n) is 9.23. The number of amides is 1. The van der Waals surface area contributed by atoms with Crippen LogP contribution in [0.3, 0.4) is 0 Å². The molecule has 1 aromatic heterocycles. The fourth-order valence-electron chi connectivity index (χ4n) is 3.34. The molecule has 0 aliphatic heterocycles. The molecule has 132 valence electrons. The molecule has 5 heteroatoms. The molecule has 1 aromatic carbocycles. The lowest BCUT2D eigenvalue weighted by Crippen LogP contribution is -2.31. The van der Waals surface area contributed by atoms with E-state index in [1.54, 1.807) is 17.3 Å². The Morgan fingerprint density at radius 3 is 2.40 bits per heavy atom. The van der Waals surface area contributed by atoms with Crippen LogP contribution in [0.1, 0.15) is 55.9 Å². The van der Waals surface area contributed by atoms with Crippen LogP contribution in [0, 0.1) is 0 Å². The summed E-state index contributed by atoms with van der Waals surface area (Å²) in [5.74, 6) is 0.633. The molecule has 1 saturated carbocycles. The highest BCUT2D eigenvalue weighted by Gasteiger charge is 2.18. The van der Waals surface area contributed by atoms with Gasteiger partial charge in [-0.1, -0.05) is 43.9 Å². The molecule has 1 aliphatic carbocycles. The number of anilines is 2. The van der Waals surface area contributed by atoms with Crippen LogP contribution in [-0.2, 0) is 0 Å². The van der Waals surface area contributed by atoms with E-state index in [9.17, 15) is 4.79 Å². The van der Waals surface area contributed by atoms with Crippen LogP contribution in [0.15, 0.2) is 42.7 Å². The Labute approximate surface area is 149 Å². The van der Waals surface area contributed by atoms with E-state index in [1.807, 2.05) is 37.3 Å². The Kier molecular flexibility index (Phi) is 5.99. The van der Waals surface area contributed by atoms with Gasteiger partial charge in [-0.25, -0.2) is 9.97 Å². The molecule has 0 spiro atoms. The summed E-state index contributed by atoms with van der Waals surface area (Å²) in [6.07, 6.45) is 10.8. The van der Waals surface area contributed by atoms with Gasteiger partial charge in [-0.15, -0.1) is 0 Å². The lowest BCUT2D eigenvalue weighted by atomic mass is 10.1. The Morgan fingerprint density at radius 1 is 1.08 bits per heavy atom. The van der Waals surface area contributed by atoms with E-state index in [0.29, 0.717) is 18.3 Å². The highest BCUT2D eigenvalue weighted by molar-refractivity contribution is 6.04. The third-order valence-electron chi connectivity index (χ3n) is 4.71. The monoisotopic (exact) mass is 338 g/mol. The van der Waals surface area contributed by atoms with Gasteiger partial charge in [-0.3, -0.25) is 4.79 Å². The maximum Gasteiger partial charge on any atom is 0.278 e. The Hall–Kier alpha value is -2.43. The number of benzene rings is 1. The minimum atomic E-state index is -0.123. The van der Waals surface area contributed by atoms with Crippen molar-refractivity contribution in [2.45, 2.75) is 51.5 Å². The number of hydrogen-bond acceptors (Lipinski definition) is 4. The first kappa shape index (κ1) is 17.4. The summed E-state index contributed by atoms with van der Waals surface area (Å²) in [6.45, 7) is 2.55. The number of nitrogens with one attached hydrogen (secondary N) is 1. The van der Waals surface area contributed by atoms with Crippen molar-refractivity contribution in [2.24, 2.45) is 0 Å². The van der Waals surface area contributed by atoms with Crippen LogP contribution in [-0.4, -0.2) is 28.5 Å². The van der Waals surface area contributed by atoms with Gasteiger partial charge in [0.05, 0.1) is 12.4 Å². The second-order valence-corrected chi connectivity index (χ2v) is 6.50. The van der Waals surface area contributed by atoms with Crippen molar-refractivity contribution >= 4 is 17.4 Å². The molecule has 25 heavy (non-hydrogen) atoms. The number of carbonyl (C=O) groups is 1. The van der Waals surface area contributed by atoms with E-state index in [0.717, 1.165) is 11.5 Å². The Bertz CT molecular complexity index is 664. The van der Waals surface area contributed by atoms with Gasteiger partial charge >= 0.3 is 0 Å². The standard InChI is InChI=1S/C20H26N4O/c1-2-24(17-12-8-5-9-13-17)20(25)18-14-22-19(15-21-18)23-16-10-6-3-4-7-11-16/h5,8-9,12-16H,2-4,6-7,10-11H2,1H3,(H,22,23). The molecule has 1 fully saturated rings. The van der Waals surface area contributed by atoms with Crippen molar-refractivity contribution in [2.75, 3.05) is 16.8 Å². The number of para-hydroxylation sites is 1. The van der Waals surface area contributed by atoms with E-state index in [2.05, 4.69) is 15.3 Å². The molecule has 0 saturated heterocycles. The van der Waals surface area contributed by atoms with Crippen molar-refractivity contribution in [1.82, 2.24) is 9.97 Å². The first-order valence-corrected chi connectivity index (χ1v) is 9.23. The van der Waals surface area contributed by atoms with Crippen molar-refractivity contribution in [1.29, 1.82) is 0 Å². The molecule has 5 nitrogen and oxygen atoms in total. The maximum absolute atomic E-state index is 12.7. The SMILES string of the molecule is CCN(C(=O)c1cnc(NC2CCCCCC2)cn1)c1ccccc1. The number of rotatable bonds is 5. The molecule has 0 unspecified atom stereocenters. The predicted octanol–water partition coefficient (Wildman–Crippen LogP) is 4.28. The smallest absolute Gasteiger partial charge is 0.278 e. The van der Waals surface area contributed by atoms with E-state index >= 15 is 0 Å². The van der Waals surface area contributed by atoms with Crippen LogP contribution in [0.2, 0.25) is 0 Å². The van der Waals surface area contributed by atoms with E-state index in [1.165, 1.54) is 38.5 Å². The lowest BCUT2D eigenvalue weighted by molar-refractivity contribution is 0.0983. The van der Waals surface area contributed by atoms with Crippen LogP contribution >= 0.6 is 0 Å². The summed E-state index contributed by atoms with van der Waals surface area (Å²) >= 11 is 0. The molecule has 0 bridgehead atoms. The lowest BCUT2D eigenvalue weighted by Gasteiger charge is -2.21. The molecule has 3 rings (SSSR count). The topological polar surface area (TPSA) is 58.1 Å². The van der Waals surface area contributed by atoms with Crippen molar-refractivity contribution < 1.29 is 4.79 Å². The minimum absolute atomic E-state index is 0.123. The zero-order valence-corrected chi connectivity index (χ0v) is 14.8. The molecule has 1 aliphatic rings. The van der Waals surface area contributed by atoms with Crippen molar-refractivity contribution in [3.8, 4) is 0 Å². The number of carbonyl (C=O) groups excluding carboxylic acids is 1. The molecule has 0 atom stereocenters. The van der Waals surface area contributed by atoms with E-state index in [4.69, 9.17) is 0 Å². The molecule has 2 aromatic rings. The van der Waals surface area contributed by atoms with Gasteiger partial charge < -0.3 is 10.2 Å². The second kappa shape index (κ2) is 8.60. The number of nitrogens with zero attached hydrogens (tertiary/aromatic N) is 3. The van der Waals surface area contributed by atoms with Gasteiger partial charge in [0.15, 0.2) is 0 Å².